The van der Waals surface area contributed by atoms with Crippen LogP contribution in [0.15, 0.2) is 0 Å². The topological polar surface area (TPSA) is 0 Å². The second-order valence-corrected chi connectivity index (χ2v) is 0. The summed E-state index contributed by atoms with van der Waals surface area (Å²) in [5, 5.41) is 0. The molecule has 0 saturated heterocycles. The molecule has 0 aliphatic carbocycles. The van der Waals surface area contributed by atoms with Gasteiger partial charge in [0.25, 0.3) is 0 Å². The first-order chi connectivity index (χ1) is 0. The molecule has 0 aromatic carbocycles. The molecule has 22 valence electrons. The molecule has 4 radical (unpaired) electrons. The van der Waals surface area contributed by atoms with Crippen molar-refractivity contribution in [2.45, 2.75) is 0 Å². The molecule has 0 atom stereocenters. The summed E-state index contributed by atoms with van der Waals surface area (Å²) in [6, 6.07) is 0. The van der Waals surface area contributed by atoms with Gasteiger partial charge in [-0.2, -0.15) is 0 Å². The van der Waals surface area contributed by atoms with Crippen molar-refractivity contribution in [1.29, 1.82) is 0 Å². The molecule has 0 heterocycles. The average Bonchev–Trinajstić information content (AvgIpc) is 0. The molecule has 0 bridgehead atoms. The van der Waals surface area contributed by atoms with E-state index in [0.29, 0.717) is 0 Å². The van der Waals surface area contributed by atoms with Crippen LogP contribution >= 0.6 is 0 Å². The molecular formula is BFeNd2Pr. The van der Waals surface area contributed by atoms with Crippen molar-refractivity contribution in [3.8, 4) is 0 Å². The first-order valence-electron chi connectivity index (χ1n) is 0. The van der Waals surface area contributed by atoms with E-state index in [2.05, 4.69) is 0 Å². The molecule has 0 rings (SSSR count). The van der Waals surface area contributed by atoms with Gasteiger partial charge in [-0.1, -0.05) is 0 Å². The Kier molecular flexibility index (Phi) is 156. The van der Waals surface area contributed by atoms with E-state index in [4.69, 9.17) is 0 Å². The van der Waals surface area contributed by atoms with E-state index >= 15 is 0 Å². The van der Waals surface area contributed by atoms with Crippen LogP contribution in [0.5, 0.6) is 0 Å². The molecule has 0 aliphatic rings. The van der Waals surface area contributed by atoms with Crippen LogP contribution in [-0.4, -0.2) is 8.41 Å². The molecule has 0 N–H and O–H groups in total. The zero-order chi connectivity index (χ0) is 0. The van der Waals surface area contributed by atoms with Gasteiger partial charge < -0.3 is 0 Å². The van der Waals surface area contributed by atoms with E-state index < -0.39 is 0 Å². The van der Waals surface area contributed by atoms with Crippen LogP contribution in [0.3, 0.4) is 0 Å². The van der Waals surface area contributed by atoms with Crippen LogP contribution in [0.25, 0.3) is 0 Å². The normalized spacial score (nSPS) is 0. The third-order valence-electron chi connectivity index (χ3n) is 0. The molecule has 0 saturated carbocycles. The Balaban J connectivity index is 0. The van der Waals surface area contributed by atoms with Gasteiger partial charge in [0.1, 0.15) is 0 Å². The molecule has 0 aromatic heterocycles. The van der Waals surface area contributed by atoms with Gasteiger partial charge in [-0.25, -0.2) is 0 Å². The minimum Gasteiger partial charge on any atom is 0 e. The Morgan fingerprint density at radius 2 is 0.800 bits per heavy atom. The SMILES string of the molecule is [B].[Fe].[Nd].[Nd].[Pr]. The number of hydrogen-bond donors (Lipinski definition) is 0. The molecule has 0 aliphatic heterocycles. The van der Waals surface area contributed by atoms with Crippen LogP contribution in [0, 0.1) is 123 Å². The standard InChI is InChI=1S/B.Fe.2Nd.Pr. The molecule has 0 nitrogen and oxygen atoms in total. The maximum absolute atomic E-state index is 0. The maximum atomic E-state index is 0. The minimum absolute atomic E-state index is 0. The summed E-state index contributed by atoms with van der Waals surface area (Å²) in [6.45, 7) is 0. The fourth-order valence-electron chi connectivity index (χ4n) is 0. The minimum atomic E-state index is 0. The fourth-order valence-corrected chi connectivity index (χ4v) is 0. The van der Waals surface area contributed by atoms with E-state index in [1.54, 1.807) is 0 Å². The quantitative estimate of drug-likeness (QED) is 0.402. The first-order valence-corrected chi connectivity index (χ1v) is 0. The zero-order valence-electron chi connectivity index (χ0n) is 2.51. The van der Waals surface area contributed by atoms with Crippen LogP contribution in [0.4, 0.5) is 0 Å². The van der Waals surface area contributed by atoms with Gasteiger partial charge in [-0.05, 0) is 0 Å². The van der Waals surface area contributed by atoms with Gasteiger partial charge >= 0.3 is 0 Å². The summed E-state index contributed by atoms with van der Waals surface area (Å²) < 4.78 is 0. The number of rotatable bonds is 0. The number of hydrogen-bond acceptors (Lipinski definition) is 0. The smallest absolute Gasteiger partial charge is 0 e. The summed E-state index contributed by atoms with van der Waals surface area (Å²) in [4.78, 5) is 0. The Labute approximate surface area is 144 Å². The molecule has 0 aromatic rings. The Morgan fingerprint density at radius 1 is 0.800 bits per heavy atom. The van der Waals surface area contributed by atoms with E-state index in [0.717, 1.165) is 0 Å². The van der Waals surface area contributed by atoms with Crippen molar-refractivity contribution in [1.82, 2.24) is 0 Å². The van der Waals surface area contributed by atoms with Crippen LogP contribution in [0.1, 0.15) is 0 Å². The van der Waals surface area contributed by atoms with Gasteiger partial charge in [0.2, 0.25) is 0 Å². The van der Waals surface area contributed by atoms with E-state index in [1.165, 1.54) is 0 Å². The summed E-state index contributed by atoms with van der Waals surface area (Å²) in [7, 11) is 0. The first kappa shape index (κ1) is 33.4. The van der Waals surface area contributed by atoms with Crippen molar-refractivity contribution in [2.75, 3.05) is 0 Å². The van der Waals surface area contributed by atoms with Crippen LogP contribution in [0.2, 0.25) is 0 Å². The van der Waals surface area contributed by atoms with E-state index in [1.807, 2.05) is 0 Å². The molecular weight excluding hydrogens is 496 g/mol. The second kappa shape index (κ2) is 23.4. The molecule has 0 spiro atoms. The third-order valence-corrected chi connectivity index (χ3v) is 0. The van der Waals surface area contributed by atoms with Crippen molar-refractivity contribution in [3.63, 3.8) is 0 Å². The summed E-state index contributed by atoms with van der Waals surface area (Å²) in [5.41, 5.74) is 0. The predicted octanol–water partition coefficient (Wildman–Crippen LogP) is -0.383. The van der Waals surface area contributed by atoms with E-state index in [9.17, 15) is 0 Å². The maximum Gasteiger partial charge on any atom is 0 e. The van der Waals surface area contributed by atoms with Gasteiger partial charge in [-0.3, -0.25) is 0 Å². The molecule has 5 heteroatoms. The van der Waals surface area contributed by atoms with Crippen LogP contribution < -0.4 is 0 Å². The molecule has 0 fully saturated rings. The van der Waals surface area contributed by atoms with E-state index in [-0.39, 0.29) is 148 Å². The molecule has 5 heavy (non-hydrogen) atoms. The second-order valence-electron chi connectivity index (χ2n) is 0. The zero-order valence-corrected chi connectivity index (χ0v) is 13.7. The molecule has 0 amide bonds. The predicted molar refractivity (Wildman–Crippen MR) is 5.75 cm³/mol. The van der Waals surface area contributed by atoms with Crippen molar-refractivity contribution < 1.29 is 140 Å². The monoisotopic (exact) mass is 492 g/mol. The fraction of sp³-hybridized carbons (Fsp3) is 0. The van der Waals surface area contributed by atoms with Crippen molar-refractivity contribution in [2.24, 2.45) is 0 Å². The Bertz CT molecular complexity index is 9.61. The summed E-state index contributed by atoms with van der Waals surface area (Å²) in [6.07, 6.45) is 0. The van der Waals surface area contributed by atoms with Gasteiger partial charge in [0, 0.05) is 148 Å². The average molecular weight is 496 g/mol. The Hall–Kier alpha value is 4.65. The van der Waals surface area contributed by atoms with Gasteiger partial charge in [-0.15, -0.1) is 0 Å². The largest absolute Gasteiger partial charge is 0 e. The van der Waals surface area contributed by atoms with Crippen molar-refractivity contribution in [3.05, 3.63) is 0 Å². The molecule has 0 unspecified atom stereocenters. The van der Waals surface area contributed by atoms with Gasteiger partial charge in [0.05, 0.1) is 0 Å². The van der Waals surface area contributed by atoms with Crippen molar-refractivity contribution >= 4 is 8.41 Å². The Morgan fingerprint density at radius 3 is 0.800 bits per heavy atom. The third kappa shape index (κ3) is 17.7. The van der Waals surface area contributed by atoms with Gasteiger partial charge in [0.15, 0.2) is 0 Å². The summed E-state index contributed by atoms with van der Waals surface area (Å²) >= 11 is 0. The van der Waals surface area contributed by atoms with Crippen LogP contribution in [-0.2, 0) is 17.1 Å². The summed E-state index contributed by atoms with van der Waals surface area (Å²) in [5.74, 6) is 0.